The van der Waals surface area contributed by atoms with Crippen LogP contribution >= 0.6 is 0 Å². The molecule has 0 bridgehead atoms. The van der Waals surface area contributed by atoms with Crippen LogP contribution in [0, 0.1) is 5.92 Å². The lowest BCUT2D eigenvalue weighted by atomic mass is 10.0. The van der Waals surface area contributed by atoms with E-state index in [1.807, 2.05) is 68.4 Å². The first-order valence-corrected chi connectivity index (χ1v) is 16.2. The number of carbonyl (C=O) groups excluding carboxylic acids is 1. The number of hydrogen-bond donors (Lipinski definition) is 2. The standard InChI is InChI=1S/C33H42N2O8S/c1-24(2)20-35(44(38,39)30-15-13-27(40-3)14-16-30)21-32(36)31(34-33(37)43-29-17-18-41-23-29)19-25-9-11-28(12-10-25)42-22-26-7-5-4-6-8-26/h4-16,24,29,31-32,36H,17-23H2,1-3H3,(H,34,37)/t29-,31-,32+/m0/s1. The van der Waals surface area contributed by atoms with E-state index in [9.17, 15) is 18.3 Å². The third-order valence-corrected chi connectivity index (χ3v) is 9.06. The fourth-order valence-electron chi connectivity index (χ4n) is 4.85. The molecule has 0 unspecified atom stereocenters. The predicted molar refractivity (Wildman–Crippen MR) is 166 cm³/mol. The molecular formula is C33H42N2O8S. The zero-order valence-corrected chi connectivity index (χ0v) is 26.2. The van der Waals surface area contributed by atoms with Gasteiger partial charge in [0, 0.05) is 19.5 Å². The maximum absolute atomic E-state index is 13.7. The second kappa shape index (κ2) is 15.9. The molecule has 4 rings (SSSR count). The number of methoxy groups -OCH3 is 1. The van der Waals surface area contributed by atoms with Gasteiger partial charge in [-0.05, 0) is 59.9 Å². The van der Waals surface area contributed by atoms with Crippen LogP contribution in [-0.4, -0.2) is 75.6 Å². The van der Waals surface area contributed by atoms with Crippen molar-refractivity contribution in [3.63, 3.8) is 0 Å². The largest absolute Gasteiger partial charge is 0.497 e. The Morgan fingerprint density at radius 3 is 2.27 bits per heavy atom. The molecule has 2 N–H and O–H groups in total. The Bertz CT molecular complexity index is 1410. The van der Waals surface area contributed by atoms with Crippen molar-refractivity contribution in [2.24, 2.45) is 5.92 Å². The van der Waals surface area contributed by atoms with Gasteiger partial charge in [0.15, 0.2) is 0 Å². The summed E-state index contributed by atoms with van der Waals surface area (Å²) in [6.07, 6.45) is -1.49. The topological polar surface area (TPSA) is 124 Å². The summed E-state index contributed by atoms with van der Waals surface area (Å²) in [6.45, 7) is 5.00. The van der Waals surface area contributed by atoms with E-state index in [4.69, 9.17) is 18.9 Å². The second-order valence-electron chi connectivity index (χ2n) is 11.2. The Morgan fingerprint density at radius 2 is 1.66 bits per heavy atom. The third-order valence-electron chi connectivity index (χ3n) is 7.21. The molecule has 11 heteroatoms. The normalized spacial score (nSPS) is 16.5. The molecule has 3 atom stereocenters. The smallest absolute Gasteiger partial charge is 0.407 e. The first-order valence-electron chi connectivity index (χ1n) is 14.8. The minimum absolute atomic E-state index is 0.0163. The van der Waals surface area contributed by atoms with Gasteiger partial charge >= 0.3 is 6.09 Å². The lowest BCUT2D eigenvalue weighted by molar-refractivity contribution is 0.0644. The zero-order chi connectivity index (χ0) is 31.5. The average molecular weight is 627 g/mol. The van der Waals surface area contributed by atoms with E-state index in [1.165, 1.54) is 23.5 Å². The maximum Gasteiger partial charge on any atom is 0.407 e. The molecule has 10 nitrogen and oxygen atoms in total. The van der Waals surface area contributed by atoms with Crippen molar-refractivity contribution in [1.29, 1.82) is 0 Å². The predicted octanol–water partition coefficient (Wildman–Crippen LogP) is 4.41. The fraction of sp³-hybridized carbons (Fsp3) is 0.424. The zero-order valence-electron chi connectivity index (χ0n) is 25.4. The van der Waals surface area contributed by atoms with Gasteiger partial charge in [0.1, 0.15) is 24.2 Å². The van der Waals surface area contributed by atoms with Gasteiger partial charge in [-0.15, -0.1) is 0 Å². The van der Waals surface area contributed by atoms with Gasteiger partial charge in [-0.3, -0.25) is 0 Å². The molecule has 3 aromatic rings. The van der Waals surface area contributed by atoms with E-state index in [0.717, 1.165) is 11.1 Å². The van der Waals surface area contributed by atoms with E-state index in [2.05, 4.69) is 5.32 Å². The van der Waals surface area contributed by atoms with E-state index >= 15 is 0 Å². The molecule has 238 valence electrons. The number of aliphatic hydroxyl groups is 1. The summed E-state index contributed by atoms with van der Waals surface area (Å²) in [5.74, 6) is 1.20. The molecule has 1 saturated heterocycles. The van der Waals surface area contributed by atoms with Crippen LogP contribution in [0.1, 0.15) is 31.4 Å². The summed E-state index contributed by atoms with van der Waals surface area (Å²) >= 11 is 0. The van der Waals surface area contributed by atoms with Crippen LogP contribution < -0.4 is 14.8 Å². The molecule has 1 aliphatic rings. The van der Waals surface area contributed by atoms with E-state index in [-0.39, 0.29) is 36.4 Å². The minimum Gasteiger partial charge on any atom is -0.497 e. The number of ether oxygens (including phenoxy) is 4. The van der Waals surface area contributed by atoms with Gasteiger partial charge in [-0.25, -0.2) is 13.2 Å². The highest BCUT2D eigenvalue weighted by Crippen LogP contribution is 2.22. The number of carbonyl (C=O) groups is 1. The van der Waals surface area contributed by atoms with Crippen LogP contribution in [-0.2, 0) is 32.5 Å². The highest BCUT2D eigenvalue weighted by atomic mass is 32.2. The molecule has 0 radical (unpaired) electrons. The van der Waals surface area contributed by atoms with Crippen molar-refractivity contribution in [3.05, 3.63) is 90.0 Å². The average Bonchev–Trinajstić information content (AvgIpc) is 3.53. The number of amides is 1. The molecule has 1 amide bonds. The van der Waals surface area contributed by atoms with Crippen molar-refractivity contribution < 1.29 is 37.3 Å². The Hall–Kier alpha value is -3.64. The fourth-order valence-corrected chi connectivity index (χ4v) is 6.47. The summed E-state index contributed by atoms with van der Waals surface area (Å²) in [5, 5.41) is 14.3. The highest BCUT2D eigenvalue weighted by molar-refractivity contribution is 7.89. The number of rotatable bonds is 15. The lowest BCUT2D eigenvalue weighted by Crippen LogP contribution is -2.51. The van der Waals surface area contributed by atoms with Crippen molar-refractivity contribution in [2.45, 2.75) is 56.4 Å². The van der Waals surface area contributed by atoms with Crippen LogP contribution in [0.15, 0.2) is 83.8 Å². The van der Waals surface area contributed by atoms with Gasteiger partial charge in [0.25, 0.3) is 0 Å². The van der Waals surface area contributed by atoms with Gasteiger partial charge < -0.3 is 29.4 Å². The maximum atomic E-state index is 13.7. The summed E-state index contributed by atoms with van der Waals surface area (Å²) < 4.78 is 50.5. The first-order chi connectivity index (χ1) is 21.1. The number of alkyl carbamates (subject to hydrolysis) is 1. The molecule has 3 aromatic carbocycles. The summed E-state index contributed by atoms with van der Waals surface area (Å²) in [7, 11) is -2.46. The summed E-state index contributed by atoms with van der Waals surface area (Å²) in [4.78, 5) is 12.9. The molecule has 1 fully saturated rings. The van der Waals surface area contributed by atoms with Crippen molar-refractivity contribution >= 4 is 16.1 Å². The number of sulfonamides is 1. The van der Waals surface area contributed by atoms with Gasteiger partial charge in [0.05, 0.1) is 37.4 Å². The monoisotopic (exact) mass is 626 g/mol. The van der Waals surface area contributed by atoms with Gasteiger partial charge in [-0.2, -0.15) is 4.31 Å². The van der Waals surface area contributed by atoms with Crippen LogP contribution in [0.25, 0.3) is 0 Å². The van der Waals surface area contributed by atoms with Gasteiger partial charge in [0.2, 0.25) is 10.0 Å². The number of benzene rings is 3. The number of hydrogen-bond acceptors (Lipinski definition) is 8. The summed E-state index contributed by atoms with van der Waals surface area (Å²) in [6, 6.07) is 22.5. The van der Waals surface area contributed by atoms with E-state index in [1.54, 1.807) is 12.1 Å². The van der Waals surface area contributed by atoms with E-state index in [0.29, 0.717) is 37.7 Å². The molecule has 1 aliphatic heterocycles. The molecule has 0 aromatic heterocycles. The quantitative estimate of drug-likeness (QED) is 0.254. The SMILES string of the molecule is COc1ccc(S(=O)(=O)N(CC(C)C)C[C@@H](O)[C@H](Cc2ccc(OCc3ccccc3)cc2)NC(=O)O[C@H]2CCOC2)cc1. The van der Waals surface area contributed by atoms with Crippen LogP contribution in [0.2, 0.25) is 0 Å². The molecular weight excluding hydrogens is 584 g/mol. The number of aliphatic hydroxyl groups excluding tert-OH is 1. The van der Waals surface area contributed by atoms with Crippen LogP contribution in [0.4, 0.5) is 4.79 Å². The van der Waals surface area contributed by atoms with Crippen molar-refractivity contribution in [1.82, 2.24) is 9.62 Å². The van der Waals surface area contributed by atoms with Crippen molar-refractivity contribution in [3.8, 4) is 11.5 Å². The lowest BCUT2D eigenvalue weighted by Gasteiger charge is -2.30. The second-order valence-corrected chi connectivity index (χ2v) is 13.2. The molecule has 44 heavy (non-hydrogen) atoms. The Balaban J connectivity index is 1.50. The molecule has 1 heterocycles. The number of nitrogens with zero attached hydrogens (tertiary/aromatic N) is 1. The Kier molecular flexibility index (Phi) is 12.0. The van der Waals surface area contributed by atoms with Crippen LogP contribution in [0.3, 0.4) is 0 Å². The molecule has 0 aliphatic carbocycles. The molecule has 0 saturated carbocycles. The number of nitrogens with one attached hydrogen (secondary N) is 1. The minimum atomic E-state index is -3.96. The van der Waals surface area contributed by atoms with Crippen LogP contribution in [0.5, 0.6) is 11.5 Å². The summed E-state index contributed by atoms with van der Waals surface area (Å²) in [5.41, 5.74) is 1.87. The van der Waals surface area contributed by atoms with E-state index < -0.39 is 28.3 Å². The molecule has 0 spiro atoms. The third kappa shape index (κ3) is 9.68. The first kappa shape index (κ1) is 33.3. The van der Waals surface area contributed by atoms with Gasteiger partial charge in [-0.1, -0.05) is 56.3 Å². The Labute approximate surface area is 259 Å². The van der Waals surface area contributed by atoms with Crippen molar-refractivity contribution in [2.75, 3.05) is 33.4 Å². The Morgan fingerprint density at radius 1 is 0.977 bits per heavy atom. The highest BCUT2D eigenvalue weighted by Gasteiger charge is 2.32.